The predicted molar refractivity (Wildman–Crippen MR) is 164 cm³/mol. The van der Waals surface area contributed by atoms with Crippen LogP contribution in [0.25, 0.3) is 0 Å². The SMILES string of the molecule is Cc1ccc(NC(=O)C2(C)CCCN(C(=O)c3c(C)cccc3F)C2C2=CCC(C)(NC3CCCC3)C=C2)cc1C(F)(F)F. The van der Waals surface area contributed by atoms with Crippen molar-refractivity contribution in [3.05, 3.63) is 88.3 Å². The Bertz CT molecular complexity index is 1470. The van der Waals surface area contributed by atoms with Crippen LogP contribution in [0.3, 0.4) is 0 Å². The molecule has 3 unspecified atom stereocenters. The number of hydrogen-bond donors (Lipinski definition) is 2. The summed E-state index contributed by atoms with van der Waals surface area (Å²) in [5, 5.41) is 6.49. The number of amides is 2. The lowest BCUT2D eigenvalue weighted by Crippen LogP contribution is -2.59. The van der Waals surface area contributed by atoms with Gasteiger partial charge in [0.05, 0.1) is 22.6 Å². The number of hydrogen-bond acceptors (Lipinski definition) is 3. The quantitative estimate of drug-likeness (QED) is 0.327. The van der Waals surface area contributed by atoms with Crippen LogP contribution >= 0.6 is 0 Å². The summed E-state index contributed by atoms with van der Waals surface area (Å²) in [7, 11) is 0. The molecule has 9 heteroatoms. The zero-order chi connectivity index (χ0) is 31.9. The average molecular weight is 612 g/mol. The second kappa shape index (κ2) is 12.1. The first-order valence-corrected chi connectivity index (χ1v) is 15.4. The number of piperidine rings is 1. The lowest BCUT2D eigenvalue weighted by Gasteiger charge is -2.49. The van der Waals surface area contributed by atoms with Crippen molar-refractivity contribution in [1.29, 1.82) is 0 Å². The van der Waals surface area contributed by atoms with Gasteiger partial charge in [-0.15, -0.1) is 0 Å². The molecule has 2 aromatic rings. The van der Waals surface area contributed by atoms with E-state index in [0.717, 1.165) is 24.5 Å². The fraction of sp³-hybridized carbons (Fsp3) is 0.486. The van der Waals surface area contributed by atoms with Gasteiger partial charge in [0.15, 0.2) is 0 Å². The van der Waals surface area contributed by atoms with Gasteiger partial charge in [0.1, 0.15) is 5.82 Å². The molecule has 2 amide bonds. The van der Waals surface area contributed by atoms with E-state index in [1.165, 1.54) is 38.0 Å². The molecule has 0 radical (unpaired) electrons. The maximum atomic E-state index is 15.1. The zero-order valence-corrected chi connectivity index (χ0v) is 25.8. The lowest BCUT2D eigenvalue weighted by atomic mass is 9.69. The molecule has 0 bridgehead atoms. The number of halogens is 4. The third kappa shape index (κ3) is 6.34. The minimum Gasteiger partial charge on any atom is -0.330 e. The number of rotatable bonds is 6. The minimum absolute atomic E-state index is 0.0304. The van der Waals surface area contributed by atoms with E-state index in [2.05, 4.69) is 23.6 Å². The number of aryl methyl sites for hydroxylation is 2. The first kappa shape index (κ1) is 31.9. The van der Waals surface area contributed by atoms with Crippen LogP contribution in [0.2, 0.25) is 0 Å². The molecule has 3 aliphatic rings. The van der Waals surface area contributed by atoms with Crippen molar-refractivity contribution in [1.82, 2.24) is 10.2 Å². The average Bonchev–Trinajstić information content (AvgIpc) is 3.46. The molecule has 2 aliphatic carbocycles. The standard InChI is InChI=1S/C35H41F4N3O2/c1-22-13-14-26(21-27(22)35(37,38)39)40-32(44)34(4)17-8-20-42(31(43)29-23(2)9-7-12-28(29)36)30(34)24-15-18-33(3,19-16-24)41-25-10-5-6-11-25/h7,9,12-16,18,21,25,30,41H,5-6,8,10-11,17,19-20H2,1-4H3,(H,40,44). The van der Waals surface area contributed by atoms with Crippen LogP contribution in [0.1, 0.15) is 85.8 Å². The zero-order valence-electron chi connectivity index (χ0n) is 25.8. The van der Waals surface area contributed by atoms with Crippen molar-refractivity contribution in [3.63, 3.8) is 0 Å². The van der Waals surface area contributed by atoms with Crippen LogP contribution in [-0.2, 0) is 11.0 Å². The molecule has 3 atom stereocenters. The molecule has 236 valence electrons. The number of benzene rings is 2. The topological polar surface area (TPSA) is 61.4 Å². The predicted octanol–water partition coefficient (Wildman–Crippen LogP) is 7.89. The summed E-state index contributed by atoms with van der Waals surface area (Å²) in [5.74, 6) is -1.63. The Labute approximate surface area is 256 Å². The highest BCUT2D eigenvalue weighted by Gasteiger charge is 2.50. The van der Waals surface area contributed by atoms with Gasteiger partial charge in [0.2, 0.25) is 5.91 Å². The van der Waals surface area contributed by atoms with Crippen LogP contribution in [0.4, 0.5) is 23.2 Å². The Kier molecular flexibility index (Phi) is 8.82. The number of likely N-dealkylation sites (tertiary alicyclic amines) is 1. The molecular weight excluding hydrogens is 570 g/mol. The monoisotopic (exact) mass is 611 g/mol. The van der Waals surface area contributed by atoms with Gasteiger partial charge < -0.3 is 15.5 Å². The Morgan fingerprint density at radius 1 is 1.00 bits per heavy atom. The second-order valence-electron chi connectivity index (χ2n) is 13.1. The van der Waals surface area contributed by atoms with Crippen molar-refractivity contribution < 1.29 is 27.2 Å². The highest BCUT2D eigenvalue weighted by atomic mass is 19.4. The van der Waals surface area contributed by atoms with Gasteiger partial charge in [-0.3, -0.25) is 9.59 Å². The van der Waals surface area contributed by atoms with Crippen LogP contribution in [0.5, 0.6) is 0 Å². The Hall–Kier alpha value is -3.46. The molecule has 0 spiro atoms. The van der Waals surface area contributed by atoms with Crippen LogP contribution < -0.4 is 10.6 Å². The summed E-state index contributed by atoms with van der Waals surface area (Å²) in [6.07, 6.45) is 7.67. The van der Waals surface area contributed by atoms with Crippen molar-refractivity contribution in [3.8, 4) is 0 Å². The minimum atomic E-state index is -4.57. The van der Waals surface area contributed by atoms with Gasteiger partial charge in [0.25, 0.3) is 5.91 Å². The van der Waals surface area contributed by atoms with Crippen molar-refractivity contribution in [2.24, 2.45) is 5.41 Å². The van der Waals surface area contributed by atoms with Gasteiger partial charge in [0, 0.05) is 23.8 Å². The fourth-order valence-electron chi connectivity index (χ4n) is 7.15. The molecule has 2 fully saturated rings. The van der Waals surface area contributed by atoms with Crippen LogP contribution in [0.15, 0.2) is 60.2 Å². The van der Waals surface area contributed by atoms with Crippen molar-refractivity contribution >= 4 is 17.5 Å². The summed E-state index contributed by atoms with van der Waals surface area (Å²) in [5.41, 5.74) is -1.02. The fourth-order valence-corrected chi connectivity index (χ4v) is 7.15. The molecule has 1 saturated heterocycles. The van der Waals surface area contributed by atoms with E-state index in [-0.39, 0.29) is 22.4 Å². The number of nitrogens with one attached hydrogen (secondary N) is 2. The first-order valence-electron chi connectivity index (χ1n) is 15.4. The molecule has 5 rings (SSSR count). The summed E-state index contributed by atoms with van der Waals surface area (Å²) in [6.45, 7) is 7.24. The molecular formula is C35H41F4N3O2. The van der Waals surface area contributed by atoms with Gasteiger partial charge in [-0.25, -0.2) is 4.39 Å². The van der Waals surface area contributed by atoms with Gasteiger partial charge >= 0.3 is 6.18 Å². The van der Waals surface area contributed by atoms with E-state index in [1.54, 1.807) is 30.9 Å². The summed E-state index contributed by atoms with van der Waals surface area (Å²) in [4.78, 5) is 29.8. The maximum Gasteiger partial charge on any atom is 0.416 e. The van der Waals surface area contributed by atoms with Gasteiger partial charge in [-0.2, -0.15) is 13.2 Å². The molecule has 2 N–H and O–H groups in total. The Morgan fingerprint density at radius 3 is 2.36 bits per heavy atom. The Morgan fingerprint density at radius 2 is 1.73 bits per heavy atom. The van der Waals surface area contributed by atoms with E-state index in [4.69, 9.17) is 0 Å². The highest BCUT2D eigenvalue weighted by Crippen LogP contribution is 2.44. The van der Waals surface area contributed by atoms with E-state index in [1.807, 2.05) is 12.2 Å². The van der Waals surface area contributed by atoms with Crippen molar-refractivity contribution in [2.75, 3.05) is 11.9 Å². The van der Waals surface area contributed by atoms with E-state index >= 15 is 4.39 Å². The van der Waals surface area contributed by atoms with E-state index in [0.29, 0.717) is 37.4 Å². The van der Waals surface area contributed by atoms with Gasteiger partial charge in [-0.05, 0) is 94.7 Å². The lowest BCUT2D eigenvalue weighted by molar-refractivity contribution is -0.138. The summed E-state index contributed by atoms with van der Waals surface area (Å²) in [6, 6.07) is 7.88. The maximum absolute atomic E-state index is 15.1. The molecule has 2 aromatic carbocycles. The molecule has 0 aromatic heterocycles. The summed E-state index contributed by atoms with van der Waals surface area (Å²) >= 11 is 0. The van der Waals surface area contributed by atoms with Crippen molar-refractivity contribution in [2.45, 2.75) is 96.4 Å². The molecule has 44 heavy (non-hydrogen) atoms. The molecule has 1 heterocycles. The number of nitrogens with zero attached hydrogens (tertiary/aromatic N) is 1. The molecule has 1 aliphatic heterocycles. The van der Waals surface area contributed by atoms with Crippen LogP contribution in [-0.4, -0.2) is 40.9 Å². The number of carbonyl (C=O) groups is 2. The normalized spacial score (nSPS) is 26.0. The Balaban J connectivity index is 1.51. The first-order chi connectivity index (χ1) is 20.7. The van der Waals surface area contributed by atoms with E-state index < -0.39 is 40.8 Å². The third-order valence-corrected chi connectivity index (χ3v) is 9.64. The van der Waals surface area contributed by atoms with Crippen LogP contribution in [0, 0.1) is 25.1 Å². The van der Waals surface area contributed by atoms with Gasteiger partial charge in [-0.1, -0.05) is 49.3 Å². The summed E-state index contributed by atoms with van der Waals surface area (Å²) < 4.78 is 56.0. The number of anilines is 1. The highest BCUT2D eigenvalue weighted by molar-refractivity contribution is 6.00. The largest absolute Gasteiger partial charge is 0.416 e. The number of alkyl halides is 3. The molecule has 5 nitrogen and oxygen atoms in total. The second-order valence-corrected chi connectivity index (χ2v) is 13.1. The molecule has 1 saturated carbocycles. The third-order valence-electron chi connectivity index (χ3n) is 9.64. The van der Waals surface area contributed by atoms with E-state index in [9.17, 15) is 22.8 Å². The number of carbonyl (C=O) groups excluding carboxylic acids is 2. The smallest absolute Gasteiger partial charge is 0.330 e.